The van der Waals surface area contributed by atoms with Gasteiger partial charge in [-0.2, -0.15) is 13.2 Å². The average Bonchev–Trinajstić information content (AvgIpc) is 2.71. The second-order valence-electron chi connectivity index (χ2n) is 5.90. The Kier molecular flexibility index (Phi) is 14.4. The lowest BCUT2D eigenvalue weighted by Gasteiger charge is -2.10. The minimum absolute atomic E-state index is 0.267. The summed E-state index contributed by atoms with van der Waals surface area (Å²) in [6.45, 7) is 3.84. The number of carboxylic acids is 2. The number of carboxylic acid groups (broad SMARTS) is 2. The number of ether oxygens (including phenoxy) is 1. The number of halogens is 3. The maximum atomic E-state index is 12.6. The lowest BCUT2D eigenvalue weighted by Crippen LogP contribution is -2.10. The number of oxime groups is 1. The number of carbonyl (C=O) groups is 2. The second kappa shape index (κ2) is 15.9. The first-order chi connectivity index (χ1) is 14.6. The van der Waals surface area contributed by atoms with Crippen LogP contribution in [0.4, 0.5) is 13.2 Å². The third-order valence-corrected chi connectivity index (χ3v) is 3.45. The van der Waals surface area contributed by atoms with Gasteiger partial charge in [0.1, 0.15) is 6.61 Å². The van der Waals surface area contributed by atoms with Gasteiger partial charge in [0.15, 0.2) is 0 Å². The molecule has 8 nitrogen and oxygen atoms in total. The summed E-state index contributed by atoms with van der Waals surface area (Å²) in [7, 11) is 0. The summed E-state index contributed by atoms with van der Waals surface area (Å²) in [5.41, 5.74) is 5.89. The van der Waals surface area contributed by atoms with Crippen molar-refractivity contribution in [3.05, 3.63) is 47.5 Å². The molecular formula is C20H27F3N2O6. The number of hydrogen-bond acceptors (Lipinski definition) is 6. The van der Waals surface area contributed by atoms with Crippen LogP contribution in [0.25, 0.3) is 0 Å². The van der Waals surface area contributed by atoms with E-state index in [-0.39, 0.29) is 6.61 Å². The predicted molar refractivity (Wildman–Crippen MR) is 108 cm³/mol. The van der Waals surface area contributed by atoms with Crippen molar-refractivity contribution in [2.75, 3.05) is 26.4 Å². The van der Waals surface area contributed by atoms with Crippen LogP contribution in [0.5, 0.6) is 0 Å². The fraction of sp³-hybridized carbons (Fsp3) is 0.450. The highest BCUT2D eigenvalue weighted by Crippen LogP contribution is 2.29. The Morgan fingerprint density at radius 3 is 2.10 bits per heavy atom. The molecule has 0 fully saturated rings. The van der Waals surface area contributed by atoms with E-state index in [0.717, 1.165) is 25.0 Å². The van der Waals surface area contributed by atoms with E-state index in [1.54, 1.807) is 0 Å². The van der Waals surface area contributed by atoms with E-state index < -0.39 is 23.7 Å². The highest BCUT2D eigenvalue weighted by molar-refractivity contribution is 6.00. The Morgan fingerprint density at radius 1 is 1.06 bits per heavy atom. The molecule has 0 radical (unpaired) electrons. The number of benzene rings is 1. The second-order valence-corrected chi connectivity index (χ2v) is 5.90. The van der Waals surface area contributed by atoms with Gasteiger partial charge in [-0.3, -0.25) is 0 Å². The highest BCUT2D eigenvalue weighted by atomic mass is 19.4. The van der Waals surface area contributed by atoms with Gasteiger partial charge in [0, 0.05) is 31.9 Å². The lowest BCUT2D eigenvalue weighted by molar-refractivity contribution is -0.137. The highest BCUT2D eigenvalue weighted by Gasteiger charge is 2.30. The van der Waals surface area contributed by atoms with Crippen molar-refractivity contribution in [3.63, 3.8) is 0 Å². The third kappa shape index (κ3) is 14.7. The molecule has 0 aromatic heterocycles. The molecule has 1 aromatic carbocycles. The van der Waals surface area contributed by atoms with Crippen molar-refractivity contribution in [1.82, 2.24) is 0 Å². The average molecular weight is 448 g/mol. The zero-order chi connectivity index (χ0) is 23.7. The summed E-state index contributed by atoms with van der Waals surface area (Å²) >= 11 is 0. The Morgan fingerprint density at radius 2 is 1.65 bits per heavy atom. The number of nitrogens with zero attached hydrogens (tertiary/aromatic N) is 1. The molecule has 0 spiro atoms. The van der Waals surface area contributed by atoms with Gasteiger partial charge < -0.3 is 25.5 Å². The molecular weight excluding hydrogens is 421 g/mol. The van der Waals surface area contributed by atoms with Gasteiger partial charge in [0.05, 0.1) is 11.3 Å². The quantitative estimate of drug-likeness (QED) is 0.193. The molecule has 0 aliphatic carbocycles. The van der Waals surface area contributed by atoms with Crippen LogP contribution in [0.1, 0.15) is 37.3 Å². The summed E-state index contributed by atoms with van der Waals surface area (Å²) < 4.78 is 43.1. The Balaban J connectivity index is 0.000000954. The van der Waals surface area contributed by atoms with E-state index in [1.165, 1.54) is 12.1 Å². The lowest BCUT2D eigenvalue weighted by atomic mass is 10.0. The van der Waals surface area contributed by atoms with Crippen molar-refractivity contribution < 1.29 is 42.5 Å². The fourth-order valence-electron chi connectivity index (χ4n) is 2.05. The number of hydrogen-bond donors (Lipinski definition) is 3. The van der Waals surface area contributed by atoms with E-state index >= 15 is 0 Å². The first kappa shape index (κ1) is 28.1. The molecule has 1 aromatic rings. The molecule has 0 saturated heterocycles. The molecule has 0 atom stereocenters. The maximum absolute atomic E-state index is 12.6. The number of rotatable bonds is 12. The van der Waals surface area contributed by atoms with Crippen LogP contribution in [0, 0.1) is 0 Å². The summed E-state index contributed by atoms with van der Waals surface area (Å²) in [6.07, 6.45) is -0.965. The van der Waals surface area contributed by atoms with Crippen molar-refractivity contribution in [2.45, 2.75) is 32.4 Å². The molecule has 11 heteroatoms. The molecule has 31 heavy (non-hydrogen) atoms. The van der Waals surface area contributed by atoms with Crippen LogP contribution >= 0.6 is 0 Å². The molecule has 174 valence electrons. The minimum atomic E-state index is -4.34. The van der Waals surface area contributed by atoms with Crippen molar-refractivity contribution in [2.24, 2.45) is 10.9 Å². The van der Waals surface area contributed by atoms with E-state index in [1.807, 2.05) is 6.92 Å². The number of nitrogens with two attached hydrogens (primary N) is 1. The standard InChI is InChI=1S/C16H23F3N2O2.C4H4O4/c1-2-22-11-4-3-5-15(21-23-12-10-20)13-6-8-14(9-7-13)16(17,18)19;5-3(6)1-2-4(7)8/h6-9H,2-5,10-12,20H2,1H3;1-2H,(H,5,6)(H,7,8)/b;2-1+. The zero-order valence-electron chi connectivity index (χ0n) is 17.1. The van der Waals surface area contributed by atoms with Gasteiger partial charge in [-0.05, 0) is 43.9 Å². The Labute approximate surface area is 178 Å². The maximum Gasteiger partial charge on any atom is 0.416 e. The van der Waals surface area contributed by atoms with E-state index in [2.05, 4.69) is 5.16 Å². The van der Waals surface area contributed by atoms with Crippen LogP contribution in [0.2, 0.25) is 0 Å². The van der Waals surface area contributed by atoms with E-state index in [4.69, 9.17) is 25.5 Å². The normalized spacial score (nSPS) is 11.7. The molecule has 0 bridgehead atoms. The summed E-state index contributed by atoms with van der Waals surface area (Å²) in [5.74, 6) is -2.51. The monoisotopic (exact) mass is 448 g/mol. The molecule has 0 heterocycles. The van der Waals surface area contributed by atoms with E-state index in [0.29, 0.717) is 49.6 Å². The summed E-state index contributed by atoms with van der Waals surface area (Å²) in [6, 6.07) is 4.92. The Bertz CT molecular complexity index is 703. The number of unbranched alkanes of at least 4 members (excludes halogenated alkanes) is 1. The first-order valence-electron chi connectivity index (χ1n) is 9.40. The van der Waals surface area contributed by atoms with Crippen molar-refractivity contribution >= 4 is 17.7 Å². The molecule has 4 N–H and O–H groups in total. The largest absolute Gasteiger partial charge is 0.478 e. The van der Waals surface area contributed by atoms with Crippen LogP contribution in [-0.2, 0) is 25.3 Å². The molecule has 0 unspecified atom stereocenters. The SMILES string of the molecule is CCOCCCCC(=NOCCN)c1ccc(C(F)(F)F)cc1.O=C(O)/C=C/C(=O)O. The summed E-state index contributed by atoms with van der Waals surface area (Å²) in [4.78, 5) is 24.2. The van der Waals surface area contributed by atoms with Crippen molar-refractivity contribution in [1.29, 1.82) is 0 Å². The molecule has 0 aliphatic rings. The zero-order valence-corrected chi connectivity index (χ0v) is 17.1. The van der Waals surface area contributed by atoms with Crippen LogP contribution in [0.15, 0.2) is 41.6 Å². The smallest absolute Gasteiger partial charge is 0.416 e. The molecule has 1 rings (SSSR count). The van der Waals surface area contributed by atoms with Crippen molar-refractivity contribution in [3.8, 4) is 0 Å². The van der Waals surface area contributed by atoms with Gasteiger partial charge in [-0.25, -0.2) is 9.59 Å². The topological polar surface area (TPSA) is 131 Å². The third-order valence-electron chi connectivity index (χ3n) is 3.45. The molecule has 0 aliphatic heterocycles. The predicted octanol–water partition coefficient (Wildman–Crippen LogP) is 3.30. The van der Waals surface area contributed by atoms with Crippen LogP contribution < -0.4 is 5.73 Å². The number of aliphatic carboxylic acids is 2. The van der Waals surface area contributed by atoms with Gasteiger partial charge in [0.25, 0.3) is 0 Å². The van der Waals surface area contributed by atoms with Gasteiger partial charge in [0.2, 0.25) is 0 Å². The number of alkyl halides is 3. The van der Waals surface area contributed by atoms with Crippen LogP contribution in [-0.4, -0.2) is 54.2 Å². The van der Waals surface area contributed by atoms with E-state index in [9.17, 15) is 22.8 Å². The Hall–Kier alpha value is -2.92. The summed E-state index contributed by atoms with van der Waals surface area (Å²) in [5, 5.41) is 19.6. The van der Waals surface area contributed by atoms with Gasteiger partial charge >= 0.3 is 18.1 Å². The molecule has 0 amide bonds. The minimum Gasteiger partial charge on any atom is -0.478 e. The first-order valence-corrected chi connectivity index (χ1v) is 9.40. The van der Waals surface area contributed by atoms with Gasteiger partial charge in [-0.15, -0.1) is 0 Å². The van der Waals surface area contributed by atoms with Crippen LogP contribution in [0.3, 0.4) is 0 Å². The van der Waals surface area contributed by atoms with Gasteiger partial charge in [-0.1, -0.05) is 17.3 Å². The molecule has 0 saturated carbocycles. The fourth-order valence-corrected chi connectivity index (χ4v) is 2.05.